The van der Waals surface area contributed by atoms with Gasteiger partial charge >= 0.3 is 0 Å². The van der Waals surface area contributed by atoms with Crippen molar-refractivity contribution in [2.75, 3.05) is 14.2 Å². The summed E-state index contributed by atoms with van der Waals surface area (Å²) < 4.78 is 11.2. The van der Waals surface area contributed by atoms with Crippen molar-refractivity contribution >= 4 is 0 Å². The molecule has 2 rings (SSSR count). The molecule has 0 bridgehead atoms. The van der Waals surface area contributed by atoms with E-state index in [9.17, 15) is 0 Å². The van der Waals surface area contributed by atoms with Crippen LogP contribution < -0.4 is 15.2 Å². The zero-order valence-electron chi connectivity index (χ0n) is 14.3. The molecule has 0 aliphatic rings. The molecular formula is C20H27NO2. The molecule has 0 unspecified atom stereocenters. The van der Waals surface area contributed by atoms with Crippen LogP contribution in [0.15, 0.2) is 42.5 Å². The first kappa shape index (κ1) is 17.4. The first-order valence-corrected chi connectivity index (χ1v) is 8.17. The van der Waals surface area contributed by atoms with Crippen molar-refractivity contribution in [1.29, 1.82) is 0 Å². The molecule has 0 radical (unpaired) electrons. The third kappa shape index (κ3) is 5.00. The monoisotopic (exact) mass is 313 g/mol. The molecular weight excluding hydrogens is 286 g/mol. The van der Waals surface area contributed by atoms with Gasteiger partial charge in [-0.05, 0) is 55.9 Å². The molecule has 0 fully saturated rings. The van der Waals surface area contributed by atoms with E-state index in [0.717, 1.165) is 48.3 Å². The molecule has 0 amide bonds. The summed E-state index contributed by atoms with van der Waals surface area (Å²) in [6.07, 6.45) is 3.86. The minimum atomic E-state index is 0.119. The highest BCUT2D eigenvalue weighted by Gasteiger charge is 2.13. The smallest absolute Gasteiger partial charge is 0.126 e. The third-order valence-electron chi connectivity index (χ3n) is 3.96. The van der Waals surface area contributed by atoms with Crippen LogP contribution >= 0.6 is 0 Å². The number of ether oxygens (including phenoxy) is 2. The first-order valence-electron chi connectivity index (χ1n) is 8.17. The van der Waals surface area contributed by atoms with Gasteiger partial charge < -0.3 is 15.2 Å². The molecule has 0 aromatic heterocycles. The Morgan fingerprint density at radius 2 is 1.52 bits per heavy atom. The van der Waals surface area contributed by atoms with E-state index in [4.69, 9.17) is 15.2 Å². The summed E-state index contributed by atoms with van der Waals surface area (Å²) in [5, 5.41) is 0. The third-order valence-corrected chi connectivity index (χ3v) is 3.96. The second-order valence-corrected chi connectivity index (χ2v) is 6.00. The zero-order valence-corrected chi connectivity index (χ0v) is 14.3. The highest BCUT2D eigenvalue weighted by atomic mass is 16.5. The van der Waals surface area contributed by atoms with Crippen LogP contribution in [0.4, 0.5) is 0 Å². The molecule has 0 heterocycles. The standard InChI is InChI=1S/C20H27NO2/c1-15(21)12-17-13-19(22-2)18(20(14-17)23-3)11-7-10-16-8-5-4-6-9-16/h4-6,8-9,13-15H,7,10-12,21H2,1-3H3/t15-/m0/s1. The maximum absolute atomic E-state index is 5.91. The summed E-state index contributed by atoms with van der Waals surface area (Å²) in [5.74, 6) is 1.79. The van der Waals surface area contributed by atoms with E-state index in [1.54, 1.807) is 14.2 Å². The van der Waals surface area contributed by atoms with Gasteiger partial charge in [0, 0.05) is 11.6 Å². The van der Waals surface area contributed by atoms with Gasteiger partial charge in [0.2, 0.25) is 0 Å². The Balaban J connectivity index is 2.12. The van der Waals surface area contributed by atoms with E-state index in [-0.39, 0.29) is 6.04 Å². The van der Waals surface area contributed by atoms with Crippen LogP contribution in [-0.4, -0.2) is 20.3 Å². The molecule has 23 heavy (non-hydrogen) atoms. The molecule has 2 aromatic carbocycles. The van der Waals surface area contributed by atoms with Crippen LogP contribution in [0.3, 0.4) is 0 Å². The van der Waals surface area contributed by atoms with Gasteiger partial charge in [-0.15, -0.1) is 0 Å². The minimum absolute atomic E-state index is 0.119. The maximum Gasteiger partial charge on any atom is 0.126 e. The number of methoxy groups -OCH3 is 2. The number of hydrogen-bond acceptors (Lipinski definition) is 3. The number of aryl methyl sites for hydroxylation is 1. The normalized spacial score (nSPS) is 12.0. The Hall–Kier alpha value is -2.00. The summed E-state index contributed by atoms with van der Waals surface area (Å²) >= 11 is 0. The van der Waals surface area contributed by atoms with Crippen molar-refractivity contribution in [2.45, 2.75) is 38.6 Å². The Bertz CT molecular complexity index is 583. The average Bonchev–Trinajstić information content (AvgIpc) is 2.55. The van der Waals surface area contributed by atoms with Gasteiger partial charge in [-0.25, -0.2) is 0 Å². The molecule has 0 spiro atoms. The summed E-state index contributed by atoms with van der Waals surface area (Å²) in [5.41, 5.74) is 9.56. The van der Waals surface area contributed by atoms with Crippen LogP contribution in [0.1, 0.15) is 30.0 Å². The van der Waals surface area contributed by atoms with Crippen molar-refractivity contribution in [1.82, 2.24) is 0 Å². The maximum atomic E-state index is 5.91. The molecule has 124 valence electrons. The van der Waals surface area contributed by atoms with E-state index in [1.807, 2.05) is 13.0 Å². The Morgan fingerprint density at radius 1 is 0.913 bits per heavy atom. The average molecular weight is 313 g/mol. The summed E-state index contributed by atoms with van der Waals surface area (Å²) in [4.78, 5) is 0. The van der Waals surface area contributed by atoms with Crippen molar-refractivity contribution in [3.63, 3.8) is 0 Å². The predicted octanol–water partition coefficient (Wildman–Crippen LogP) is 3.77. The first-order chi connectivity index (χ1) is 11.1. The Kier molecular flexibility index (Phi) is 6.48. The number of rotatable bonds is 8. The fourth-order valence-electron chi connectivity index (χ4n) is 2.89. The van der Waals surface area contributed by atoms with Gasteiger partial charge in [-0.2, -0.15) is 0 Å². The molecule has 2 aromatic rings. The molecule has 1 atom stereocenters. The largest absolute Gasteiger partial charge is 0.496 e. The second kappa shape index (κ2) is 8.59. The van der Waals surface area contributed by atoms with E-state index in [1.165, 1.54) is 5.56 Å². The molecule has 0 aliphatic carbocycles. The van der Waals surface area contributed by atoms with E-state index in [2.05, 4.69) is 36.4 Å². The van der Waals surface area contributed by atoms with E-state index in [0.29, 0.717) is 0 Å². The molecule has 2 N–H and O–H groups in total. The lowest BCUT2D eigenvalue weighted by molar-refractivity contribution is 0.383. The van der Waals surface area contributed by atoms with Crippen molar-refractivity contribution in [2.24, 2.45) is 5.73 Å². The fourth-order valence-corrected chi connectivity index (χ4v) is 2.89. The summed E-state index contributed by atoms with van der Waals surface area (Å²) in [7, 11) is 3.43. The van der Waals surface area contributed by atoms with Gasteiger partial charge in [0.15, 0.2) is 0 Å². The lowest BCUT2D eigenvalue weighted by atomic mass is 9.99. The minimum Gasteiger partial charge on any atom is -0.496 e. The highest BCUT2D eigenvalue weighted by molar-refractivity contribution is 5.48. The number of nitrogens with two attached hydrogens (primary N) is 1. The van der Waals surface area contributed by atoms with Crippen LogP contribution in [-0.2, 0) is 19.3 Å². The van der Waals surface area contributed by atoms with E-state index >= 15 is 0 Å². The second-order valence-electron chi connectivity index (χ2n) is 6.00. The van der Waals surface area contributed by atoms with Crippen molar-refractivity contribution in [3.05, 3.63) is 59.2 Å². The van der Waals surface area contributed by atoms with Gasteiger partial charge in [-0.3, -0.25) is 0 Å². The van der Waals surface area contributed by atoms with Gasteiger partial charge in [0.25, 0.3) is 0 Å². The highest BCUT2D eigenvalue weighted by Crippen LogP contribution is 2.32. The Morgan fingerprint density at radius 3 is 2.04 bits per heavy atom. The fraction of sp³-hybridized carbons (Fsp3) is 0.400. The quantitative estimate of drug-likeness (QED) is 0.807. The van der Waals surface area contributed by atoms with Crippen LogP contribution in [0.25, 0.3) is 0 Å². The molecule has 0 aliphatic heterocycles. The van der Waals surface area contributed by atoms with Gasteiger partial charge in [0.05, 0.1) is 14.2 Å². The number of benzene rings is 2. The zero-order chi connectivity index (χ0) is 16.7. The predicted molar refractivity (Wildman–Crippen MR) is 95.4 cm³/mol. The Labute approximate surface area is 139 Å². The molecule has 3 nitrogen and oxygen atoms in total. The van der Waals surface area contributed by atoms with Crippen molar-refractivity contribution < 1.29 is 9.47 Å². The lowest BCUT2D eigenvalue weighted by Gasteiger charge is -2.16. The van der Waals surface area contributed by atoms with Gasteiger partial charge in [0.1, 0.15) is 11.5 Å². The molecule has 0 saturated carbocycles. The topological polar surface area (TPSA) is 44.5 Å². The summed E-state index contributed by atoms with van der Waals surface area (Å²) in [6, 6.07) is 14.8. The summed E-state index contributed by atoms with van der Waals surface area (Å²) in [6.45, 7) is 2.01. The van der Waals surface area contributed by atoms with Crippen LogP contribution in [0, 0.1) is 0 Å². The van der Waals surface area contributed by atoms with Crippen LogP contribution in [0.5, 0.6) is 11.5 Å². The number of hydrogen-bond donors (Lipinski definition) is 1. The van der Waals surface area contributed by atoms with Gasteiger partial charge in [-0.1, -0.05) is 30.3 Å². The molecule has 3 heteroatoms. The van der Waals surface area contributed by atoms with Crippen molar-refractivity contribution in [3.8, 4) is 11.5 Å². The SMILES string of the molecule is COc1cc(C[C@H](C)N)cc(OC)c1CCCc1ccccc1. The lowest BCUT2D eigenvalue weighted by Crippen LogP contribution is -2.18. The van der Waals surface area contributed by atoms with E-state index < -0.39 is 0 Å². The van der Waals surface area contributed by atoms with Crippen LogP contribution in [0.2, 0.25) is 0 Å². The molecule has 0 saturated heterocycles.